The van der Waals surface area contributed by atoms with E-state index in [2.05, 4.69) is 322 Å². The summed E-state index contributed by atoms with van der Waals surface area (Å²) < 4.78 is 0. The molecule has 0 bridgehead atoms. The zero-order valence-corrected chi connectivity index (χ0v) is 41.0. The fourth-order valence-corrected chi connectivity index (χ4v) is 11.2. The van der Waals surface area contributed by atoms with E-state index >= 15 is 0 Å². The highest BCUT2D eigenvalue weighted by molar-refractivity contribution is 6.04. The fourth-order valence-electron chi connectivity index (χ4n) is 11.2. The molecular weight excluding hydrogens is 911 g/mol. The Kier molecular flexibility index (Phi) is 10.8. The normalized spacial score (nSPS) is 12.4. The molecule has 0 radical (unpaired) electrons. The molecule has 5 nitrogen and oxygen atoms in total. The molecule has 0 unspecified atom stereocenters. The van der Waals surface area contributed by atoms with Crippen LogP contribution < -0.4 is 24.5 Å². The van der Waals surface area contributed by atoms with Gasteiger partial charge >= 0.3 is 0 Å². The summed E-state index contributed by atoms with van der Waals surface area (Å²) in [6.07, 6.45) is 0. The molecule has 12 aromatic rings. The van der Waals surface area contributed by atoms with Gasteiger partial charge in [0.2, 0.25) is 0 Å². The summed E-state index contributed by atoms with van der Waals surface area (Å²) in [5.74, 6) is 0. The second kappa shape index (κ2) is 18.5. The van der Waals surface area contributed by atoms with Crippen LogP contribution in [0.4, 0.5) is 85.3 Å². The minimum absolute atomic E-state index is 1.08. The van der Waals surface area contributed by atoms with Crippen LogP contribution in [0.1, 0.15) is 0 Å². The first-order chi connectivity index (χ1) is 37.2. The third-order valence-electron chi connectivity index (χ3n) is 14.6. The Morgan fingerprint density at radius 3 is 0.920 bits per heavy atom. The average Bonchev–Trinajstić information content (AvgIpc) is 3.49. The predicted octanol–water partition coefficient (Wildman–Crippen LogP) is 20.1. The molecule has 0 spiro atoms. The van der Waals surface area contributed by atoms with Crippen LogP contribution in [-0.4, -0.2) is 0 Å². The Bertz CT molecular complexity index is 3720. The molecule has 2 heterocycles. The molecule has 0 N–H and O–H groups in total. The Labute approximate surface area is 437 Å². The first-order valence-electron chi connectivity index (χ1n) is 25.6. The van der Waals surface area contributed by atoms with Crippen LogP contribution in [0, 0.1) is 0 Å². The van der Waals surface area contributed by atoms with Crippen LogP contribution in [-0.2, 0) is 0 Å². The average molecular weight is 960 g/mol. The maximum Gasteiger partial charge on any atom is 0.0703 e. The van der Waals surface area contributed by atoms with Gasteiger partial charge in [-0.05, 0) is 155 Å². The van der Waals surface area contributed by atoms with Gasteiger partial charge in [-0.2, -0.15) is 0 Å². The molecule has 0 aliphatic carbocycles. The van der Waals surface area contributed by atoms with Crippen LogP contribution in [0.3, 0.4) is 0 Å². The van der Waals surface area contributed by atoms with Crippen molar-refractivity contribution in [2.24, 2.45) is 0 Å². The van der Waals surface area contributed by atoms with E-state index in [9.17, 15) is 0 Å². The van der Waals surface area contributed by atoms with Crippen molar-refractivity contribution in [2.75, 3.05) is 24.5 Å². The number of fused-ring (bicyclic) bond motifs is 5. The number of benzene rings is 12. The van der Waals surface area contributed by atoms with E-state index < -0.39 is 0 Å². The lowest BCUT2D eigenvalue weighted by Crippen LogP contribution is -2.23. The molecular formula is C70H49N5. The molecule has 0 saturated carbocycles. The molecule has 0 fully saturated rings. The molecule has 75 heavy (non-hydrogen) atoms. The summed E-state index contributed by atoms with van der Waals surface area (Å²) in [5, 5.41) is 2.39. The molecule has 12 aromatic carbocycles. The van der Waals surface area contributed by atoms with Gasteiger partial charge in [-0.25, -0.2) is 0 Å². The molecule has 2 aliphatic rings. The van der Waals surface area contributed by atoms with Crippen molar-refractivity contribution in [1.29, 1.82) is 0 Å². The van der Waals surface area contributed by atoms with E-state index in [-0.39, 0.29) is 0 Å². The first-order valence-corrected chi connectivity index (χ1v) is 25.6. The van der Waals surface area contributed by atoms with Gasteiger partial charge in [-0.3, -0.25) is 0 Å². The first kappa shape index (κ1) is 43.7. The fraction of sp³-hybridized carbons (Fsp3) is 0. The third-order valence-corrected chi connectivity index (χ3v) is 14.6. The van der Waals surface area contributed by atoms with Crippen LogP contribution in [0.5, 0.6) is 0 Å². The molecule has 0 atom stereocenters. The van der Waals surface area contributed by atoms with Crippen molar-refractivity contribution in [2.45, 2.75) is 0 Å². The van der Waals surface area contributed by atoms with Crippen molar-refractivity contribution >= 4 is 96.1 Å². The highest BCUT2D eigenvalue weighted by Gasteiger charge is 2.32. The van der Waals surface area contributed by atoms with Crippen LogP contribution in [0.15, 0.2) is 297 Å². The Morgan fingerprint density at radius 2 is 0.520 bits per heavy atom. The summed E-state index contributed by atoms with van der Waals surface area (Å²) in [7, 11) is 0. The van der Waals surface area contributed by atoms with Gasteiger partial charge in [0, 0.05) is 39.5 Å². The topological polar surface area (TPSA) is 16.2 Å². The Morgan fingerprint density at radius 1 is 0.213 bits per heavy atom. The van der Waals surface area contributed by atoms with Gasteiger partial charge in [0.15, 0.2) is 0 Å². The van der Waals surface area contributed by atoms with E-state index in [1.807, 2.05) is 0 Å². The largest absolute Gasteiger partial charge is 0.310 e. The van der Waals surface area contributed by atoms with Crippen LogP contribution in [0.25, 0.3) is 33.0 Å². The molecule has 14 rings (SSSR count). The summed E-state index contributed by atoms with van der Waals surface area (Å²) in [6, 6.07) is 107. The maximum absolute atomic E-state index is 2.40. The molecule has 0 aromatic heterocycles. The summed E-state index contributed by atoms with van der Waals surface area (Å²) >= 11 is 0. The summed E-state index contributed by atoms with van der Waals surface area (Å²) in [5.41, 5.74) is 21.4. The zero-order chi connectivity index (χ0) is 49.7. The second-order valence-electron chi connectivity index (χ2n) is 19.0. The number of hydrogen-bond donors (Lipinski definition) is 0. The molecule has 354 valence electrons. The second-order valence-corrected chi connectivity index (χ2v) is 19.0. The van der Waals surface area contributed by atoms with Crippen molar-refractivity contribution < 1.29 is 0 Å². The van der Waals surface area contributed by atoms with E-state index in [0.29, 0.717) is 0 Å². The van der Waals surface area contributed by atoms with E-state index in [4.69, 9.17) is 0 Å². The molecule has 0 amide bonds. The molecule has 0 saturated heterocycles. The standard InChI is InChI=1S/C70H49N5/c1-3-24-55(25-4-1)72-63-31-9-13-35-67(63)74(68-36-14-10-32-64(68)72)59-28-17-22-53(48-59)50-40-44-57(45-41-50)71(62-39-19-21-52-20-7-8-30-61(52)62)58-46-42-51(43-47-58)54-23-18-29-60(49-54)75-69-37-15-11-33-65(69)73(56-26-5-2-6-27-56)66-34-12-16-38-70(66)75/h1-49H. The smallest absolute Gasteiger partial charge is 0.0703 e. The predicted molar refractivity (Wildman–Crippen MR) is 315 cm³/mol. The number of nitrogens with zero attached hydrogens (tertiary/aromatic N) is 5. The SMILES string of the molecule is c1ccc(N2c3ccccc3N(c3cccc(-c4ccc(N(c5ccc(-c6cccc(N7c8ccccc8N(c8ccccc8)c8ccccc87)c6)cc5)c5cccc6ccccc56)cc4)c3)c3ccccc32)cc1. The van der Waals surface area contributed by atoms with Gasteiger partial charge in [0.25, 0.3) is 0 Å². The lowest BCUT2D eigenvalue weighted by Gasteiger charge is -2.40. The Balaban J connectivity index is 0.807. The van der Waals surface area contributed by atoms with Crippen LogP contribution >= 0.6 is 0 Å². The number of para-hydroxylation sites is 10. The van der Waals surface area contributed by atoms with E-state index in [1.165, 1.54) is 10.8 Å². The van der Waals surface area contributed by atoms with E-state index in [0.717, 1.165) is 108 Å². The van der Waals surface area contributed by atoms with Crippen molar-refractivity contribution in [3.8, 4) is 22.3 Å². The maximum atomic E-state index is 2.40. The minimum Gasteiger partial charge on any atom is -0.310 e. The van der Waals surface area contributed by atoms with Gasteiger partial charge in [-0.15, -0.1) is 0 Å². The van der Waals surface area contributed by atoms with Crippen LogP contribution in [0.2, 0.25) is 0 Å². The highest BCUT2D eigenvalue weighted by atomic mass is 15.3. The highest BCUT2D eigenvalue weighted by Crippen LogP contribution is 2.56. The van der Waals surface area contributed by atoms with Gasteiger partial charge in [0.05, 0.1) is 51.2 Å². The number of rotatable bonds is 9. The van der Waals surface area contributed by atoms with Crippen molar-refractivity contribution in [3.63, 3.8) is 0 Å². The van der Waals surface area contributed by atoms with E-state index in [1.54, 1.807) is 0 Å². The van der Waals surface area contributed by atoms with Crippen molar-refractivity contribution in [3.05, 3.63) is 297 Å². The lowest BCUT2D eigenvalue weighted by molar-refractivity contribution is 1.17. The van der Waals surface area contributed by atoms with Gasteiger partial charge in [-0.1, -0.05) is 170 Å². The zero-order valence-electron chi connectivity index (χ0n) is 41.0. The summed E-state index contributed by atoms with van der Waals surface area (Å²) in [6.45, 7) is 0. The minimum atomic E-state index is 1.08. The van der Waals surface area contributed by atoms with Gasteiger partial charge in [0.1, 0.15) is 0 Å². The number of hydrogen-bond acceptors (Lipinski definition) is 5. The van der Waals surface area contributed by atoms with Gasteiger partial charge < -0.3 is 24.5 Å². The molecule has 5 heteroatoms. The quantitative estimate of drug-likeness (QED) is 0.143. The van der Waals surface area contributed by atoms with Crippen molar-refractivity contribution in [1.82, 2.24) is 0 Å². The molecule has 2 aliphatic heterocycles. The Hall–Kier alpha value is -10.1. The third kappa shape index (κ3) is 7.65. The number of anilines is 15. The lowest BCUT2D eigenvalue weighted by atomic mass is 10.0. The summed E-state index contributed by atoms with van der Waals surface area (Å²) in [4.78, 5) is 11.9. The monoisotopic (exact) mass is 959 g/mol.